The lowest BCUT2D eigenvalue weighted by molar-refractivity contribution is -0.856. The summed E-state index contributed by atoms with van der Waals surface area (Å²) in [7, 11) is 4.10. The molecule has 122 valence electrons. The Balaban J connectivity index is 2.24. The summed E-state index contributed by atoms with van der Waals surface area (Å²) < 4.78 is 5.42. The van der Waals surface area contributed by atoms with Crippen LogP contribution in [-0.2, 0) is 4.79 Å². The first-order valence-electron chi connectivity index (χ1n) is 6.89. The molecule has 0 atom stereocenters. The molecule has 1 aromatic carbocycles. The average Bonchev–Trinajstić information content (AvgIpc) is 2.43. The predicted molar refractivity (Wildman–Crippen MR) is 91.2 cm³/mol. The molecule has 0 spiro atoms. The topological polar surface area (TPSA) is 66.8 Å². The Morgan fingerprint density at radius 3 is 2.73 bits per heavy atom. The first-order valence-corrected chi connectivity index (χ1v) is 7.67. The number of hydrogen-bond donors (Lipinski definition) is 4. The van der Waals surface area contributed by atoms with Crippen LogP contribution in [-0.4, -0.2) is 44.8 Å². The highest BCUT2D eigenvalue weighted by Crippen LogP contribution is 2.21. The molecule has 8 heteroatoms. The number of aryl methyl sites for hydroxylation is 1. The Morgan fingerprint density at radius 2 is 2.09 bits per heavy atom. The highest BCUT2D eigenvalue weighted by atomic mass is 35.5. The molecule has 1 amide bonds. The van der Waals surface area contributed by atoms with E-state index in [1.165, 1.54) is 4.90 Å². The monoisotopic (exact) mass is 345 g/mol. The van der Waals surface area contributed by atoms with Crippen molar-refractivity contribution in [1.82, 2.24) is 16.2 Å². The van der Waals surface area contributed by atoms with Crippen molar-refractivity contribution in [1.29, 1.82) is 0 Å². The number of hydrogen-bond acceptors (Lipinski definition) is 3. The van der Waals surface area contributed by atoms with Crippen molar-refractivity contribution >= 4 is 34.8 Å². The summed E-state index contributed by atoms with van der Waals surface area (Å²) in [6, 6.07) is 5.22. The summed E-state index contributed by atoms with van der Waals surface area (Å²) in [4.78, 5) is 13.0. The fourth-order valence-electron chi connectivity index (χ4n) is 1.55. The van der Waals surface area contributed by atoms with E-state index in [4.69, 9.17) is 28.6 Å². The van der Waals surface area contributed by atoms with E-state index >= 15 is 0 Å². The van der Waals surface area contributed by atoms with E-state index in [1.807, 2.05) is 6.92 Å². The van der Waals surface area contributed by atoms with Crippen LogP contribution in [0, 0.1) is 6.92 Å². The number of carbonyl (C=O) groups excluding carboxylic acids is 1. The Morgan fingerprint density at radius 1 is 1.36 bits per heavy atom. The van der Waals surface area contributed by atoms with Crippen molar-refractivity contribution < 1.29 is 14.4 Å². The normalized spacial score (nSPS) is 10.2. The van der Waals surface area contributed by atoms with Gasteiger partial charge in [0.05, 0.1) is 27.2 Å². The van der Waals surface area contributed by atoms with Gasteiger partial charge >= 0.3 is 0 Å². The molecule has 0 aliphatic carbocycles. The second kappa shape index (κ2) is 9.45. The maximum Gasteiger partial charge on any atom is 0.276 e. The molecule has 1 aromatic rings. The van der Waals surface area contributed by atoms with E-state index in [0.717, 1.165) is 18.7 Å². The minimum absolute atomic E-state index is 0.111. The first kappa shape index (κ1) is 18.5. The van der Waals surface area contributed by atoms with Crippen LogP contribution in [0.15, 0.2) is 18.2 Å². The summed E-state index contributed by atoms with van der Waals surface area (Å²) in [6.45, 7) is 3.41. The first-order chi connectivity index (χ1) is 10.4. The standard InChI is InChI=1S/C14H21ClN4O2S/c1-10-8-11(15)4-5-12(10)21-9-13(20)17-18-14(22)16-6-7-19(2)3/h4-5,8H,6-7,9H2,1-3H3,(H,17,20)(H2,16,18,22)/p+1. The number of thiocarbonyl (C=S) groups is 1. The van der Waals surface area contributed by atoms with E-state index in [-0.39, 0.29) is 12.5 Å². The number of quaternary nitrogens is 1. The summed E-state index contributed by atoms with van der Waals surface area (Å²) >= 11 is 10.9. The summed E-state index contributed by atoms with van der Waals surface area (Å²) in [5.74, 6) is 0.297. The number of carbonyl (C=O) groups is 1. The smallest absolute Gasteiger partial charge is 0.276 e. The molecule has 6 nitrogen and oxygen atoms in total. The van der Waals surface area contributed by atoms with Crippen LogP contribution in [0.1, 0.15) is 5.56 Å². The Labute approximate surface area is 141 Å². The zero-order valence-electron chi connectivity index (χ0n) is 13.0. The lowest BCUT2D eigenvalue weighted by Crippen LogP contribution is -3.06. The number of ether oxygens (including phenoxy) is 1. The van der Waals surface area contributed by atoms with Gasteiger partial charge in [0.2, 0.25) is 0 Å². The third-order valence-corrected chi connectivity index (χ3v) is 3.20. The van der Waals surface area contributed by atoms with Crippen molar-refractivity contribution in [3.63, 3.8) is 0 Å². The van der Waals surface area contributed by atoms with Crippen LogP contribution in [0.2, 0.25) is 5.02 Å². The lowest BCUT2D eigenvalue weighted by Gasteiger charge is -2.13. The highest BCUT2D eigenvalue weighted by Gasteiger charge is 2.06. The molecule has 0 fully saturated rings. The average molecular weight is 346 g/mol. The molecule has 4 N–H and O–H groups in total. The summed E-state index contributed by atoms with van der Waals surface area (Å²) in [6.07, 6.45) is 0. The Bertz CT molecular complexity index is 526. The molecule has 0 bridgehead atoms. The number of hydrazine groups is 1. The zero-order valence-corrected chi connectivity index (χ0v) is 14.5. The van der Waals surface area contributed by atoms with Gasteiger partial charge in [0.1, 0.15) is 5.75 Å². The van der Waals surface area contributed by atoms with E-state index in [2.05, 4.69) is 30.3 Å². The van der Waals surface area contributed by atoms with Gasteiger partial charge in [-0.25, -0.2) is 0 Å². The van der Waals surface area contributed by atoms with Gasteiger partial charge in [-0.15, -0.1) is 0 Å². The van der Waals surface area contributed by atoms with Crippen molar-refractivity contribution in [2.75, 3.05) is 33.8 Å². The molecule has 22 heavy (non-hydrogen) atoms. The van der Waals surface area contributed by atoms with Crippen molar-refractivity contribution in [2.45, 2.75) is 6.92 Å². The Kier molecular flexibility index (Phi) is 7.94. The van der Waals surface area contributed by atoms with Crippen LogP contribution in [0.3, 0.4) is 0 Å². The molecule has 0 aliphatic heterocycles. The van der Waals surface area contributed by atoms with Crippen LogP contribution in [0.5, 0.6) is 5.75 Å². The maximum absolute atomic E-state index is 11.7. The van der Waals surface area contributed by atoms with Crippen LogP contribution in [0.25, 0.3) is 0 Å². The zero-order chi connectivity index (χ0) is 16.5. The number of benzene rings is 1. The molecule has 0 unspecified atom stereocenters. The number of amides is 1. The molecule has 0 aromatic heterocycles. The van der Waals surface area contributed by atoms with E-state index in [9.17, 15) is 4.79 Å². The van der Waals surface area contributed by atoms with Gasteiger partial charge in [-0.2, -0.15) is 0 Å². The fourth-order valence-corrected chi connectivity index (χ4v) is 1.93. The molecule has 1 rings (SSSR count). The fraction of sp³-hybridized carbons (Fsp3) is 0.429. The molecular formula is C14H22ClN4O2S+. The van der Waals surface area contributed by atoms with E-state index in [1.54, 1.807) is 18.2 Å². The van der Waals surface area contributed by atoms with Gasteiger partial charge in [0, 0.05) is 5.02 Å². The third-order valence-electron chi connectivity index (χ3n) is 2.72. The number of halogens is 1. The van der Waals surface area contributed by atoms with E-state index in [0.29, 0.717) is 15.9 Å². The van der Waals surface area contributed by atoms with Crippen LogP contribution in [0.4, 0.5) is 0 Å². The SMILES string of the molecule is Cc1cc(Cl)ccc1OCC(=O)NNC(=S)NCC[NH+](C)C. The van der Waals surface area contributed by atoms with Gasteiger partial charge < -0.3 is 15.0 Å². The van der Waals surface area contributed by atoms with Crippen molar-refractivity contribution in [2.24, 2.45) is 0 Å². The van der Waals surface area contributed by atoms with Crippen LogP contribution >= 0.6 is 23.8 Å². The molecule has 0 aliphatic rings. The molecule has 0 radical (unpaired) electrons. The van der Waals surface area contributed by atoms with Crippen molar-refractivity contribution in [3.8, 4) is 5.75 Å². The molecular weight excluding hydrogens is 324 g/mol. The van der Waals surface area contributed by atoms with Crippen LogP contribution < -0.4 is 25.8 Å². The van der Waals surface area contributed by atoms with Gasteiger partial charge in [-0.05, 0) is 42.9 Å². The second-order valence-electron chi connectivity index (χ2n) is 5.08. The number of nitrogens with one attached hydrogen (secondary N) is 4. The largest absolute Gasteiger partial charge is 0.483 e. The molecule has 0 saturated heterocycles. The third kappa shape index (κ3) is 7.44. The minimum atomic E-state index is -0.322. The van der Waals surface area contributed by atoms with Crippen molar-refractivity contribution in [3.05, 3.63) is 28.8 Å². The quantitative estimate of drug-likeness (QED) is 0.420. The predicted octanol–water partition coefficient (Wildman–Crippen LogP) is -0.333. The van der Waals surface area contributed by atoms with Gasteiger partial charge in [-0.3, -0.25) is 15.6 Å². The maximum atomic E-state index is 11.7. The lowest BCUT2D eigenvalue weighted by atomic mass is 10.2. The van der Waals surface area contributed by atoms with Gasteiger partial charge in [0.25, 0.3) is 5.91 Å². The Hall–Kier alpha value is -1.57. The second-order valence-corrected chi connectivity index (χ2v) is 5.93. The van der Waals surface area contributed by atoms with Gasteiger partial charge in [-0.1, -0.05) is 11.6 Å². The molecule has 0 heterocycles. The highest BCUT2D eigenvalue weighted by molar-refractivity contribution is 7.80. The molecule has 0 saturated carbocycles. The number of likely N-dealkylation sites (N-methyl/N-ethyl adjacent to an activating group) is 1. The minimum Gasteiger partial charge on any atom is -0.483 e. The number of rotatable bonds is 6. The van der Waals surface area contributed by atoms with E-state index < -0.39 is 0 Å². The summed E-state index contributed by atoms with van der Waals surface area (Å²) in [5, 5.41) is 3.99. The van der Waals surface area contributed by atoms with Gasteiger partial charge in [0.15, 0.2) is 11.7 Å². The summed E-state index contributed by atoms with van der Waals surface area (Å²) in [5.41, 5.74) is 5.97.